The summed E-state index contributed by atoms with van der Waals surface area (Å²) in [5.74, 6) is 1.67. The average molecular weight is 185 g/mol. The lowest BCUT2D eigenvalue weighted by Crippen LogP contribution is -2.04. The molecule has 1 N–H and O–H groups in total. The number of hydrogen-bond acceptors (Lipinski definition) is 4. The third-order valence-corrected chi connectivity index (χ3v) is 1.30. The second-order valence-electron chi connectivity index (χ2n) is 2.72. The van der Waals surface area contributed by atoms with Crippen molar-refractivity contribution in [1.82, 2.24) is 15.5 Å². The lowest BCUT2D eigenvalue weighted by atomic mass is 10.2. The number of aromatic nitrogens is 2. The summed E-state index contributed by atoms with van der Waals surface area (Å²) in [6, 6.07) is 0. The van der Waals surface area contributed by atoms with Crippen molar-refractivity contribution in [3.63, 3.8) is 0 Å². The van der Waals surface area contributed by atoms with E-state index in [0.717, 1.165) is 0 Å². The molecule has 0 fully saturated rings. The van der Waals surface area contributed by atoms with E-state index in [4.69, 9.17) is 4.42 Å². The average Bonchev–Trinajstić information content (AvgIpc) is 2.57. The maximum Gasteiger partial charge on any atom is 0.230 e. The lowest BCUT2D eigenvalue weighted by Gasteiger charge is -1.94. The van der Waals surface area contributed by atoms with E-state index in [9.17, 15) is 0 Å². The second kappa shape index (κ2) is 6.60. The van der Waals surface area contributed by atoms with Crippen molar-refractivity contribution in [3.05, 3.63) is 11.8 Å². The Kier molecular flexibility index (Phi) is 6.14. The fourth-order valence-electron chi connectivity index (χ4n) is 0.723. The Hall–Kier alpha value is -0.900. The number of nitrogens with zero attached hydrogens (tertiary/aromatic N) is 2. The van der Waals surface area contributed by atoms with Gasteiger partial charge in [0.25, 0.3) is 0 Å². The fourth-order valence-corrected chi connectivity index (χ4v) is 0.723. The van der Waals surface area contributed by atoms with Crippen molar-refractivity contribution in [2.75, 3.05) is 7.05 Å². The molecule has 0 atom stereocenters. The molecule has 76 valence electrons. The normalized spacial score (nSPS) is 9.69. The molecule has 4 heteroatoms. The van der Waals surface area contributed by atoms with Crippen LogP contribution < -0.4 is 5.32 Å². The molecule has 1 heterocycles. The van der Waals surface area contributed by atoms with E-state index in [-0.39, 0.29) is 0 Å². The van der Waals surface area contributed by atoms with E-state index in [0.29, 0.717) is 24.2 Å². The summed E-state index contributed by atoms with van der Waals surface area (Å²) >= 11 is 0. The van der Waals surface area contributed by atoms with Crippen molar-refractivity contribution in [3.8, 4) is 0 Å². The molecule has 0 unspecified atom stereocenters. The Morgan fingerprint density at radius 1 is 1.31 bits per heavy atom. The van der Waals surface area contributed by atoms with Gasteiger partial charge < -0.3 is 9.73 Å². The van der Waals surface area contributed by atoms with Gasteiger partial charge in [0.2, 0.25) is 11.8 Å². The standard InChI is InChI=1S/C7H13N3O.C2H6/c1-5(2)7-10-9-6(11-7)4-8-3;1-2/h5,8H,4H2,1-3H3;1-2H3. The Morgan fingerprint density at radius 3 is 2.31 bits per heavy atom. The first-order chi connectivity index (χ1) is 6.24. The van der Waals surface area contributed by atoms with Gasteiger partial charge in [-0.05, 0) is 7.05 Å². The van der Waals surface area contributed by atoms with Gasteiger partial charge in [-0.15, -0.1) is 10.2 Å². The monoisotopic (exact) mass is 185 g/mol. The van der Waals surface area contributed by atoms with E-state index in [1.54, 1.807) is 0 Å². The molecule has 0 aliphatic rings. The molecule has 0 aromatic carbocycles. The minimum atomic E-state index is 0.313. The van der Waals surface area contributed by atoms with Crippen LogP contribution in [0.4, 0.5) is 0 Å². The van der Waals surface area contributed by atoms with E-state index in [1.165, 1.54) is 0 Å². The Balaban J connectivity index is 0.000000671. The van der Waals surface area contributed by atoms with Crippen LogP contribution >= 0.6 is 0 Å². The maximum absolute atomic E-state index is 5.30. The van der Waals surface area contributed by atoms with Crippen molar-refractivity contribution >= 4 is 0 Å². The van der Waals surface area contributed by atoms with Gasteiger partial charge in [-0.3, -0.25) is 0 Å². The molecule has 0 bridgehead atoms. The van der Waals surface area contributed by atoms with Crippen LogP contribution in [0, 0.1) is 0 Å². The van der Waals surface area contributed by atoms with Gasteiger partial charge in [-0.25, -0.2) is 0 Å². The van der Waals surface area contributed by atoms with Gasteiger partial charge in [0.1, 0.15) is 0 Å². The van der Waals surface area contributed by atoms with Crippen LogP contribution in [-0.2, 0) is 6.54 Å². The largest absolute Gasteiger partial charge is 0.424 e. The quantitative estimate of drug-likeness (QED) is 0.781. The minimum absolute atomic E-state index is 0.313. The summed E-state index contributed by atoms with van der Waals surface area (Å²) in [4.78, 5) is 0. The van der Waals surface area contributed by atoms with Gasteiger partial charge in [-0.2, -0.15) is 0 Å². The van der Waals surface area contributed by atoms with E-state index < -0.39 is 0 Å². The van der Waals surface area contributed by atoms with Gasteiger partial charge >= 0.3 is 0 Å². The predicted octanol–water partition coefficient (Wildman–Crippen LogP) is 1.94. The third-order valence-electron chi connectivity index (χ3n) is 1.30. The molecule has 0 saturated carbocycles. The predicted molar refractivity (Wildman–Crippen MR) is 52.5 cm³/mol. The molecule has 0 aliphatic carbocycles. The van der Waals surface area contributed by atoms with Gasteiger partial charge in [0.05, 0.1) is 6.54 Å². The zero-order valence-electron chi connectivity index (χ0n) is 9.09. The SMILES string of the molecule is CC.CNCc1nnc(C(C)C)o1. The summed E-state index contributed by atoms with van der Waals surface area (Å²) in [7, 11) is 1.85. The minimum Gasteiger partial charge on any atom is -0.424 e. The fraction of sp³-hybridized carbons (Fsp3) is 0.778. The summed E-state index contributed by atoms with van der Waals surface area (Å²) < 4.78 is 5.30. The van der Waals surface area contributed by atoms with Gasteiger partial charge in [-0.1, -0.05) is 27.7 Å². The van der Waals surface area contributed by atoms with Crippen LogP contribution in [0.15, 0.2) is 4.42 Å². The Bertz CT molecular complexity index is 220. The number of nitrogens with one attached hydrogen (secondary N) is 1. The molecule has 0 saturated heterocycles. The van der Waals surface area contributed by atoms with Crippen molar-refractivity contribution < 1.29 is 4.42 Å². The first kappa shape index (κ1) is 12.1. The Morgan fingerprint density at radius 2 is 1.92 bits per heavy atom. The molecule has 0 spiro atoms. The summed E-state index contributed by atoms with van der Waals surface area (Å²) in [6.07, 6.45) is 0. The van der Waals surface area contributed by atoms with Crippen LogP contribution in [-0.4, -0.2) is 17.2 Å². The van der Waals surface area contributed by atoms with Crippen molar-refractivity contribution in [2.24, 2.45) is 0 Å². The molecule has 0 aliphatic heterocycles. The lowest BCUT2D eigenvalue weighted by molar-refractivity contribution is 0.424. The molecule has 0 radical (unpaired) electrons. The highest BCUT2D eigenvalue weighted by Gasteiger charge is 2.07. The van der Waals surface area contributed by atoms with Crippen molar-refractivity contribution in [2.45, 2.75) is 40.2 Å². The molecular formula is C9H19N3O. The number of hydrogen-bond donors (Lipinski definition) is 1. The van der Waals surface area contributed by atoms with Gasteiger partial charge in [0.15, 0.2) is 0 Å². The van der Waals surface area contributed by atoms with Crippen LogP contribution in [0.1, 0.15) is 45.4 Å². The highest BCUT2D eigenvalue weighted by atomic mass is 16.4. The van der Waals surface area contributed by atoms with Crippen molar-refractivity contribution in [1.29, 1.82) is 0 Å². The first-order valence-corrected chi connectivity index (χ1v) is 4.71. The third kappa shape index (κ3) is 4.03. The van der Waals surface area contributed by atoms with E-state index >= 15 is 0 Å². The molecule has 1 aromatic rings. The summed E-state index contributed by atoms with van der Waals surface area (Å²) in [5, 5.41) is 10.7. The molecule has 0 amide bonds. The first-order valence-electron chi connectivity index (χ1n) is 4.71. The molecule has 13 heavy (non-hydrogen) atoms. The Labute approximate surface area is 79.7 Å². The van der Waals surface area contributed by atoms with Crippen LogP contribution in [0.25, 0.3) is 0 Å². The van der Waals surface area contributed by atoms with Crippen LogP contribution in [0.3, 0.4) is 0 Å². The molecule has 1 rings (SSSR count). The van der Waals surface area contributed by atoms with Crippen LogP contribution in [0.2, 0.25) is 0 Å². The maximum atomic E-state index is 5.30. The zero-order chi connectivity index (χ0) is 10.3. The number of rotatable bonds is 3. The van der Waals surface area contributed by atoms with E-state index in [2.05, 4.69) is 15.5 Å². The molecule has 1 aromatic heterocycles. The second-order valence-corrected chi connectivity index (χ2v) is 2.72. The summed E-state index contributed by atoms with van der Waals surface area (Å²) in [6.45, 7) is 8.69. The smallest absolute Gasteiger partial charge is 0.230 e. The summed E-state index contributed by atoms with van der Waals surface area (Å²) in [5.41, 5.74) is 0. The van der Waals surface area contributed by atoms with E-state index in [1.807, 2.05) is 34.7 Å². The van der Waals surface area contributed by atoms with Gasteiger partial charge in [0, 0.05) is 5.92 Å². The highest BCUT2D eigenvalue weighted by molar-refractivity contribution is 4.86. The topological polar surface area (TPSA) is 51.0 Å². The zero-order valence-corrected chi connectivity index (χ0v) is 9.09. The highest BCUT2D eigenvalue weighted by Crippen LogP contribution is 2.11. The molecular weight excluding hydrogens is 166 g/mol. The molecule has 4 nitrogen and oxygen atoms in total. The van der Waals surface area contributed by atoms with Crippen LogP contribution in [0.5, 0.6) is 0 Å².